The van der Waals surface area contributed by atoms with Crippen LogP contribution in [-0.4, -0.2) is 18.5 Å². The van der Waals surface area contributed by atoms with Gasteiger partial charge in [-0.25, -0.2) is 0 Å². The molecule has 0 saturated heterocycles. The minimum absolute atomic E-state index is 0.159. The molecule has 0 aromatic heterocycles. The van der Waals surface area contributed by atoms with Gasteiger partial charge in [0.05, 0.1) is 0 Å². The maximum Gasteiger partial charge on any atom is 0.223 e. The Morgan fingerprint density at radius 1 is 1.24 bits per heavy atom. The van der Waals surface area contributed by atoms with Crippen molar-refractivity contribution < 1.29 is 4.79 Å². The van der Waals surface area contributed by atoms with Crippen molar-refractivity contribution in [3.8, 4) is 0 Å². The molecule has 2 aliphatic carbocycles. The van der Waals surface area contributed by atoms with Crippen LogP contribution in [-0.2, 0) is 4.79 Å². The number of carbonyl (C=O) groups excluding carboxylic acids is 1. The van der Waals surface area contributed by atoms with Gasteiger partial charge >= 0.3 is 0 Å². The highest BCUT2D eigenvalue weighted by atomic mass is 16.2. The molecule has 2 atom stereocenters. The number of hydrogen-bond donors (Lipinski definition) is 2. The maximum atomic E-state index is 12.3. The van der Waals surface area contributed by atoms with Gasteiger partial charge in [-0.15, -0.1) is 0 Å². The molecule has 1 amide bonds. The molecular formula is C14H26N2O. The lowest BCUT2D eigenvalue weighted by Crippen LogP contribution is -2.38. The summed E-state index contributed by atoms with van der Waals surface area (Å²) in [5.74, 6) is 0.800. The summed E-state index contributed by atoms with van der Waals surface area (Å²) in [6.45, 7) is 9.57. The molecule has 3 nitrogen and oxygen atoms in total. The predicted octanol–water partition coefficient (Wildman–Crippen LogP) is 1.91. The van der Waals surface area contributed by atoms with E-state index in [1.165, 1.54) is 0 Å². The molecule has 0 bridgehead atoms. The highest BCUT2D eigenvalue weighted by molar-refractivity contribution is 5.80. The summed E-state index contributed by atoms with van der Waals surface area (Å²) in [6.07, 6.45) is 3.28. The van der Waals surface area contributed by atoms with Crippen LogP contribution in [0.5, 0.6) is 0 Å². The van der Waals surface area contributed by atoms with Crippen LogP contribution in [0, 0.1) is 22.7 Å². The van der Waals surface area contributed by atoms with Crippen molar-refractivity contribution in [2.45, 2.75) is 53.0 Å². The summed E-state index contributed by atoms with van der Waals surface area (Å²) in [5, 5.41) is 3.25. The fourth-order valence-corrected chi connectivity index (χ4v) is 3.47. The van der Waals surface area contributed by atoms with Crippen molar-refractivity contribution >= 4 is 5.91 Å². The van der Waals surface area contributed by atoms with Gasteiger partial charge in [-0.3, -0.25) is 4.79 Å². The first-order chi connectivity index (χ1) is 7.82. The standard InChI is InChI=1S/C14H26N2O/c1-13(2)12(14(13,3)4)16-11(17)10-7-5-6-9(10)8-15/h9-10,12H,5-8,15H2,1-4H3,(H,16,17)/t9-,10-/m1/s1. The summed E-state index contributed by atoms with van der Waals surface area (Å²) >= 11 is 0. The first-order valence-electron chi connectivity index (χ1n) is 6.83. The number of nitrogens with one attached hydrogen (secondary N) is 1. The summed E-state index contributed by atoms with van der Waals surface area (Å²) in [5.41, 5.74) is 6.18. The molecule has 98 valence electrons. The molecule has 3 N–H and O–H groups in total. The average Bonchev–Trinajstić information content (AvgIpc) is 2.64. The lowest BCUT2D eigenvalue weighted by molar-refractivity contribution is -0.126. The molecule has 0 radical (unpaired) electrons. The zero-order valence-corrected chi connectivity index (χ0v) is 11.5. The van der Waals surface area contributed by atoms with Crippen molar-refractivity contribution in [1.29, 1.82) is 0 Å². The topological polar surface area (TPSA) is 55.1 Å². The molecule has 2 aliphatic rings. The zero-order chi connectivity index (χ0) is 12.8. The van der Waals surface area contributed by atoms with Crippen LogP contribution in [0.1, 0.15) is 47.0 Å². The van der Waals surface area contributed by atoms with Crippen molar-refractivity contribution in [1.82, 2.24) is 5.32 Å². The van der Waals surface area contributed by atoms with E-state index in [0.717, 1.165) is 19.3 Å². The van der Waals surface area contributed by atoms with E-state index < -0.39 is 0 Å². The molecule has 0 aliphatic heterocycles. The van der Waals surface area contributed by atoms with Crippen molar-refractivity contribution in [2.24, 2.45) is 28.4 Å². The van der Waals surface area contributed by atoms with Crippen molar-refractivity contribution in [3.63, 3.8) is 0 Å². The van der Waals surface area contributed by atoms with Crippen LogP contribution in [0.15, 0.2) is 0 Å². The van der Waals surface area contributed by atoms with E-state index in [2.05, 4.69) is 33.0 Å². The highest BCUT2D eigenvalue weighted by Crippen LogP contribution is 2.62. The van der Waals surface area contributed by atoms with E-state index in [-0.39, 0.29) is 22.7 Å². The molecule has 3 heteroatoms. The number of carbonyl (C=O) groups is 1. The lowest BCUT2D eigenvalue weighted by atomic mass is 9.95. The van der Waals surface area contributed by atoms with Crippen LogP contribution in [0.3, 0.4) is 0 Å². The first kappa shape index (κ1) is 12.9. The van der Waals surface area contributed by atoms with Crippen LogP contribution in [0.4, 0.5) is 0 Å². The Bertz CT molecular complexity index is 308. The summed E-state index contributed by atoms with van der Waals surface area (Å²) in [7, 11) is 0. The molecule has 0 unspecified atom stereocenters. The molecule has 0 aromatic rings. The quantitative estimate of drug-likeness (QED) is 0.789. The van der Waals surface area contributed by atoms with E-state index in [0.29, 0.717) is 18.5 Å². The van der Waals surface area contributed by atoms with Gasteiger partial charge in [-0.2, -0.15) is 0 Å². The Hall–Kier alpha value is -0.570. The van der Waals surface area contributed by atoms with Crippen LogP contribution in [0.25, 0.3) is 0 Å². The van der Waals surface area contributed by atoms with Gasteiger partial charge in [-0.05, 0) is 36.1 Å². The van der Waals surface area contributed by atoms with E-state index in [4.69, 9.17) is 5.73 Å². The molecule has 0 heterocycles. The second-order valence-corrected chi connectivity index (χ2v) is 6.92. The fourth-order valence-electron chi connectivity index (χ4n) is 3.47. The molecule has 2 fully saturated rings. The average molecular weight is 238 g/mol. The summed E-state index contributed by atoms with van der Waals surface area (Å²) in [6, 6.07) is 0.321. The second-order valence-electron chi connectivity index (χ2n) is 6.92. The first-order valence-corrected chi connectivity index (χ1v) is 6.83. The maximum absolute atomic E-state index is 12.3. The van der Waals surface area contributed by atoms with Crippen LogP contribution >= 0.6 is 0 Å². The van der Waals surface area contributed by atoms with Gasteiger partial charge in [0.2, 0.25) is 5.91 Å². The number of rotatable bonds is 3. The summed E-state index contributed by atoms with van der Waals surface area (Å²) < 4.78 is 0. The van der Waals surface area contributed by atoms with Crippen LogP contribution in [0.2, 0.25) is 0 Å². The van der Waals surface area contributed by atoms with E-state index >= 15 is 0 Å². The van der Waals surface area contributed by atoms with E-state index in [1.54, 1.807) is 0 Å². The Labute approximate surface area is 105 Å². The smallest absolute Gasteiger partial charge is 0.223 e. The third kappa shape index (κ3) is 1.88. The monoisotopic (exact) mass is 238 g/mol. The second kappa shape index (κ2) is 3.98. The lowest BCUT2D eigenvalue weighted by Gasteiger charge is -2.18. The molecule has 0 aromatic carbocycles. The zero-order valence-electron chi connectivity index (χ0n) is 11.5. The normalized spacial score (nSPS) is 34.6. The predicted molar refractivity (Wildman–Crippen MR) is 69.4 cm³/mol. The minimum atomic E-state index is 0.159. The molecule has 17 heavy (non-hydrogen) atoms. The largest absolute Gasteiger partial charge is 0.352 e. The fraction of sp³-hybridized carbons (Fsp3) is 0.929. The van der Waals surface area contributed by atoms with Gasteiger partial charge in [0.1, 0.15) is 0 Å². The minimum Gasteiger partial charge on any atom is -0.352 e. The Balaban J connectivity index is 1.95. The molecule has 2 rings (SSSR count). The van der Waals surface area contributed by atoms with Crippen molar-refractivity contribution in [2.75, 3.05) is 6.54 Å². The van der Waals surface area contributed by atoms with E-state index in [1.807, 2.05) is 0 Å². The van der Waals surface area contributed by atoms with E-state index in [9.17, 15) is 4.79 Å². The Morgan fingerprint density at radius 3 is 2.29 bits per heavy atom. The molecule has 0 spiro atoms. The van der Waals surface area contributed by atoms with Gasteiger partial charge < -0.3 is 11.1 Å². The SMILES string of the molecule is CC1(C)C(NC(=O)[C@@H]2CCC[C@@H]2CN)C1(C)C. The molecule has 2 saturated carbocycles. The Morgan fingerprint density at radius 2 is 1.82 bits per heavy atom. The third-order valence-corrected chi connectivity index (χ3v) is 5.61. The third-order valence-electron chi connectivity index (χ3n) is 5.61. The summed E-state index contributed by atoms with van der Waals surface area (Å²) in [4.78, 5) is 12.3. The van der Waals surface area contributed by atoms with Gasteiger partial charge in [0.15, 0.2) is 0 Å². The number of hydrogen-bond acceptors (Lipinski definition) is 2. The number of amides is 1. The van der Waals surface area contributed by atoms with Gasteiger partial charge in [0.25, 0.3) is 0 Å². The highest BCUT2D eigenvalue weighted by Gasteiger charge is 2.65. The van der Waals surface area contributed by atoms with Crippen molar-refractivity contribution in [3.05, 3.63) is 0 Å². The van der Waals surface area contributed by atoms with Crippen LogP contribution < -0.4 is 11.1 Å². The molecular weight excluding hydrogens is 212 g/mol. The number of nitrogens with two attached hydrogens (primary N) is 1. The van der Waals surface area contributed by atoms with Gasteiger partial charge in [0, 0.05) is 12.0 Å². The van der Waals surface area contributed by atoms with Gasteiger partial charge in [-0.1, -0.05) is 34.1 Å². The Kier molecular flexibility index (Phi) is 3.01.